The Morgan fingerprint density at radius 1 is 1.14 bits per heavy atom. The summed E-state index contributed by atoms with van der Waals surface area (Å²) in [7, 11) is 0. The van der Waals surface area contributed by atoms with Gasteiger partial charge in [0.1, 0.15) is 0 Å². The van der Waals surface area contributed by atoms with Crippen molar-refractivity contribution in [3.8, 4) is 5.69 Å². The molecule has 1 heterocycles. The molecule has 22 heavy (non-hydrogen) atoms. The summed E-state index contributed by atoms with van der Waals surface area (Å²) in [6, 6.07) is 16.8. The van der Waals surface area contributed by atoms with Gasteiger partial charge < -0.3 is 11.1 Å². The van der Waals surface area contributed by atoms with E-state index >= 15 is 0 Å². The van der Waals surface area contributed by atoms with Crippen molar-refractivity contribution in [3.05, 3.63) is 65.9 Å². The van der Waals surface area contributed by atoms with Crippen molar-refractivity contribution >= 4 is 17.4 Å². The van der Waals surface area contributed by atoms with Crippen LogP contribution in [0.15, 0.2) is 54.6 Å². The van der Waals surface area contributed by atoms with Gasteiger partial charge in [0, 0.05) is 5.69 Å². The van der Waals surface area contributed by atoms with Gasteiger partial charge >= 0.3 is 0 Å². The highest BCUT2D eigenvalue weighted by atomic mass is 16.2. The quantitative estimate of drug-likeness (QED) is 0.776. The summed E-state index contributed by atoms with van der Waals surface area (Å²) < 4.78 is 1.44. The van der Waals surface area contributed by atoms with Crippen molar-refractivity contribution in [2.45, 2.75) is 6.92 Å². The Morgan fingerprint density at radius 3 is 2.64 bits per heavy atom. The summed E-state index contributed by atoms with van der Waals surface area (Å²) in [4.78, 5) is 12.3. The Morgan fingerprint density at radius 2 is 1.91 bits per heavy atom. The van der Waals surface area contributed by atoms with Crippen molar-refractivity contribution in [2.24, 2.45) is 0 Å². The molecule has 0 aliphatic rings. The predicted molar refractivity (Wildman–Crippen MR) is 84.9 cm³/mol. The number of carbonyl (C=O) groups excluding carboxylic acids is 1. The number of para-hydroxylation sites is 1. The van der Waals surface area contributed by atoms with E-state index in [9.17, 15) is 4.79 Å². The normalized spacial score (nSPS) is 10.4. The number of hydrogen-bond acceptors (Lipinski definition) is 4. The van der Waals surface area contributed by atoms with Gasteiger partial charge in [-0.3, -0.25) is 4.79 Å². The minimum absolute atomic E-state index is 0.102. The number of anilines is 2. The van der Waals surface area contributed by atoms with Crippen molar-refractivity contribution in [1.29, 1.82) is 0 Å². The lowest BCUT2D eigenvalue weighted by molar-refractivity contribution is 0.102. The van der Waals surface area contributed by atoms with Gasteiger partial charge in [-0.2, -0.15) is 4.68 Å². The van der Waals surface area contributed by atoms with Crippen LogP contribution >= 0.6 is 0 Å². The number of nitrogen functional groups attached to an aromatic ring is 1. The average molecular weight is 293 g/mol. The number of rotatable bonds is 3. The predicted octanol–water partition coefficient (Wildman–Crippen LogP) is 2.41. The van der Waals surface area contributed by atoms with Crippen LogP contribution in [0.1, 0.15) is 16.1 Å². The Hall–Kier alpha value is -3.15. The maximum absolute atomic E-state index is 12.3. The maximum atomic E-state index is 12.3. The molecule has 3 rings (SSSR count). The molecule has 0 aliphatic carbocycles. The highest BCUT2D eigenvalue weighted by Crippen LogP contribution is 2.17. The van der Waals surface area contributed by atoms with E-state index in [4.69, 9.17) is 5.73 Å². The summed E-state index contributed by atoms with van der Waals surface area (Å²) in [6.45, 7) is 1.95. The molecule has 0 fully saturated rings. The first-order valence-corrected chi connectivity index (χ1v) is 6.80. The van der Waals surface area contributed by atoms with E-state index in [1.807, 2.05) is 61.5 Å². The van der Waals surface area contributed by atoms with Crippen molar-refractivity contribution in [3.63, 3.8) is 0 Å². The molecule has 0 unspecified atom stereocenters. The van der Waals surface area contributed by atoms with Crippen LogP contribution in [-0.4, -0.2) is 20.9 Å². The van der Waals surface area contributed by atoms with Gasteiger partial charge in [0.05, 0.1) is 5.69 Å². The first-order chi connectivity index (χ1) is 10.6. The minimum Gasteiger partial charge on any atom is -0.382 e. The zero-order chi connectivity index (χ0) is 15.5. The zero-order valence-corrected chi connectivity index (χ0v) is 12.0. The molecular weight excluding hydrogens is 278 g/mol. The van der Waals surface area contributed by atoms with Gasteiger partial charge in [-0.25, -0.2) is 0 Å². The number of carbonyl (C=O) groups is 1. The lowest BCUT2D eigenvalue weighted by Crippen LogP contribution is -2.15. The van der Waals surface area contributed by atoms with E-state index in [-0.39, 0.29) is 17.4 Å². The molecule has 110 valence electrons. The van der Waals surface area contributed by atoms with E-state index in [0.717, 1.165) is 11.3 Å². The molecule has 0 atom stereocenters. The fourth-order valence-corrected chi connectivity index (χ4v) is 2.12. The molecule has 0 aliphatic heterocycles. The molecule has 3 N–H and O–H groups in total. The van der Waals surface area contributed by atoms with Crippen LogP contribution < -0.4 is 11.1 Å². The molecule has 0 radical (unpaired) electrons. The van der Waals surface area contributed by atoms with Crippen LogP contribution in [0.2, 0.25) is 0 Å². The molecule has 0 bridgehead atoms. The van der Waals surface area contributed by atoms with Crippen LogP contribution in [0.5, 0.6) is 0 Å². The van der Waals surface area contributed by atoms with E-state index in [1.54, 1.807) is 0 Å². The summed E-state index contributed by atoms with van der Waals surface area (Å²) >= 11 is 0. The van der Waals surface area contributed by atoms with E-state index in [2.05, 4.69) is 15.6 Å². The standard InChI is InChI=1S/C16H15N5O/c1-11-6-5-7-12(10-11)18-16(22)14-15(17)21(20-19-14)13-8-3-2-4-9-13/h2-10H,17H2,1H3,(H,18,22). The summed E-state index contributed by atoms with van der Waals surface area (Å²) in [5.41, 5.74) is 8.60. The first-order valence-electron chi connectivity index (χ1n) is 6.80. The zero-order valence-electron chi connectivity index (χ0n) is 12.0. The Balaban J connectivity index is 1.87. The van der Waals surface area contributed by atoms with Crippen molar-refractivity contribution in [2.75, 3.05) is 11.1 Å². The monoisotopic (exact) mass is 293 g/mol. The molecular formula is C16H15N5O. The highest BCUT2D eigenvalue weighted by molar-refractivity contribution is 6.05. The molecule has 0 saturated carbocycles. The number of aromatic nitrogens is 3. The number of hydrogen-bond donors (Lipinski definition) is 2. The third-order valence-electron chi connectivity index (χ3n) is 3.20. The van der Waals surface area contributed by atoms with Crippen LogP contribution in [-0.2, 0) is 0 Å². The van der Waals surface area contributed by atoms with Gasteiger partial charge in [0.25, 0.3) is 5.91 Å². The number of nitrogens with two attached hydrogens (primary N) is 1. The van der Waals surface area contributed by atoms with Crippen molar-refractivity contribution < 1.29 is 4.79 Å². The SMILES string of the molecule is Cc1cccc(NC(=O)c2nnn(-c3ccccc3)c2N)c1. The number of benzene rings is 2. The van der Waals surface area contributed by atoms with Gasteiger partial charge in [-0.05, 0) is 36.8 Å². The Bertz CT molecular complexity index is 810. The van der Waals surface area contributed by atoms with Crippen LogP contribution in [0.25, 0.3) is 5.69 Å². The molecule has 0 saturated heterocycles. The van der Waals surface area contributed by atoms with Gasteiger partial charge in [-0.15, -0.1) is 5.10 Å². The Labute approximate surface area is 127 Å². The molecule has 2 aromatic carbocycles. The molecule has 3 aromatic rings. The van der Waals surface area contributed by atoms with Crippen LogP contribution in [0, 0.1) is 6.92 Å². The smallest absolute Gasteiger partial charge is 0.280 e. The largest absolute Gasteiger partial charge is 0.382 e. The Kier molecular flexibility index (Phi) is 3.57. The van der Waals surface area contributed by atoms with Gasteiger partial charge in [-0.1, -0.05) is 35.5 Å². The molecule has 6 nitrogen and oxygen atoms in total. The third kappa shape index (κ3) is 2.67. The minimum atomic E-state index is -0.384. The fraction of sp³-hybridized carbons (Fsp3) is 0.0625. The number of aryl methyl sites for hydroxylation is 1. The van der Waals surface area contributed by atoms with E-state index < -0.39 is 0 Å². The van der Waals surface area contributed by atoms with E-state index in [0.29, 0.717) is 5.69 Å². The lowest BCUT2D eigenvalue weighted by atomic mass is 10.2. The fourth-order valence-electron chi connectivity index (χ4n) is 2.12. The second kappa shape index (κ2) is 5.69. The molecule has 6 heteroatoms. The number of nitrogens with zero attached hydrogens (tertiary/aromatic N) is 3. The third-order valence-corrected chi connectivity index (χ3v) is 3.20. The summed E-state index contributed by atoms with van der Waals surface area (Å²) in [5.74, 6) is -0.179. The second-order valence-electron chi connectivity index (χ2n) is 4.89. The van der Waals surface area contributed by atoms with Crippen LogP contribution in [0.4, 0.5) is 11.5 Å². The van der Waals surface area contributed by atoms with E-state index in [1.165, 1.54) is 4.68 Å². The lowest BCUT2D eigenvalue weighted by Gasteiger charge is -2.05. The van der Waals surface area contributed by atoms with Crippen LogP contribution in [0.3, 0.4) is 0 Å². The van der Waals surface area contributed by atoms with Crippen molar-refractivity contribution in [1.82, 2.24) is 15.0 Å². The second-order valence-corrected chi connectivity index (χ2v) is 4.89. The average Bonchev–Trinajstić information content (AvgIpc) is 2.90. The van der Waals surface area contributed by atoms with Gasteiger partial charge in [0.2, 0.25) is 0 Å². The topological polar surface area (TPSA) is 85.8 Å². The maximum Gasteiger partial charge on any atom is 0.280 e. The molecule has 0 spiro atoms. The summed E-state index contributed by atoms with van der Waals surface area (Å²) in [5, 5.41) is 10.6. The van der Waals surface area contributed by atoms with Gasteiger partial charge in [0.15, 0.2) is 11.5 Å². The first kappa shape index (κ1) is 13.8. The summed E-state index contributed by atoms with van der Waals surface area (Å²) in [6.07, 6.45) is 0. The molecule has 1 amide bonds. The highest BCUT2D eigenvalue weighted by Gasteiger charge is 2.18. The number of amides is 1. The number of nitrogens with one attached hydrogen (secondary N) is 1. The molecule has 1 aromatic heterocycles.